The largest absolute Gasteiger partial charge is 0.496 e. The first-order valence-corrected chi connectivity index (χ1v) is 7.78. The van der Waals surface area contributed by atoms with Crippen LogP contribution in [-0.2, 0) is 6.42 Å². The maximum Gasteiger partial charge on any atom is 0.168 e. The number of hydrogen-bond acceptors (Lipinski definition) is 2. The number of methoxy groups -OCH3 is 1. The molecule has 0 aliphatic carbocycles. The van der Waals surface area contributed by atoms with E-state index in [1.54, 1.807) is 25.3 Å². The summed E-state index contributed by atoms with van der Waals surface area (Å²) in [4.78, 5) is 12.3. The lowest BCUT2D eigenvalue weighted by Crippen LogP contribution is -2.04. The number of carbonyl (C=O) groups excluding carboxylic acids is 1. The van der Waals surface area contributed by atoms with E-state index in [0.29, 0.717) is 17.0 Å². The summed E-state index contributed by atoms with van der Waals surface area (Å²) in [6.07, 6.45) is 0.307. The van der Waals surface area contributed by atoms with E-state index in [1.165, 1.54) is 0 Å². The second kappa shape index (κ2) is 6.74. The molecule has 0 N–H and O–H groups in total. The lowest BCUT2D eigenvalue weighted by atomic mass is 10.0. The van der Waals surface area contributed by atoms with E-state index in [2.05, 4.69) is 31.9 Å². The molecule has 0 saturated carbocycles. The molecule has 0 unspecified atom stereocenters. The minimum absolute atomic E-state index is 0.0106. The molecule has 0 aliphatic rings. The molecule has 2 nitrogen and oxygen atoms in total. The molecule has 0 amide bonds. The van der Waals surface area contributed by atoms with E-state index in [1.807, 2.05) is 18.2 Å². The number of ketones is 1. The highest BCUT2D eigenvalue weighted by molar-refractivity contribution is 9.10. The molecule has 2 rings (SSSR count). The molecule has 0 aliphatic heterocycles. The summed E-state index contributed by atoms with van der Waals surface area (Å²) in [5.74, 6) is 0.751. The molecule has 20 heavy (non-hydrogen) atoms. The molecule has 0 saturated heterocycles. The summed E-state index contributed by atoms with van der Waals surface area (Å²) in [6.45, 7) is 0. The Balaban J connectivity index is 2.23. The van der Waals surface area contributed by atoms with Crippen molar-refractivity contribution in [3.8, 4) is 5.75 Å². The van der Waals surface area contributed by atoms with E-state index in [9.17, 15) is 4.79 Å². The summed E-state index contributed by atoms with van der Waals surface area (Å²) in [5.41, 5.74) is 1.50. The molecule has 0 aromatic heterocycles. The fourth-order valence-corrected chi connectivity index (χ4v) is 3.04. The Morgan fingerprint density at radius 3 is 2.55 bits per heavy atom. The average Bonchev–Trinajstić information content (AvgIpc) is 2.41. The molecule has 2 aromatic rings. The molecule has 104 valence electrons. The van der Waals surface area contributed by atoms with E-state index >= 15 is 0 Å². The lowest BCUT2D eigenvalue weighted by Gasteiger charge is -2.07. The third kappa shape index (κ3) is 3.62. The Morgan fingerprint density at radius 2 is 1.90 bits per heavy atom. The summed E-state index contributed by atoms with van der Waals surface area (Å²) >= 11 is 12.7. The van der Waals surface area contributed by atoms with Crippen molar-refractivity contribution in [2.75, 3.05) is 7.11 Å². The molecule has 0 heterocycles. The third-order valence-corrected chi connectivity index (χ3v) is 4.36. The number of halogens is 3. The Kier molecular flexibility index (Phi) is 5.24. The normalized spacial score (nSPS) is 10.4. The summed E-state index contributed by atoms with van der Waals surface area (Å²) in [7, 11) is 1.61. The van der Waals surface area contributed by atoms with Gasteiger partial charge in [0, 0.05) is 21.5 Å². The molecule has 0 atom stereocenters. The van der Waals surface area contributed by atoms with Crippen LogP contribution >= 0.6 is 43.5 Å². The molecule has 2 aromatic carbocycles. The molecule has 0 radical (unpaired) electrons. The van der Waals surface area contributed by atoms with Crippen molar-refractivity contribution in [3.63, 3.8) is 0 Å². The van der Waals surface area contributed by atoms with Gasteiger partial charge in [-0.05, 0) is 51.8 Å². The number of ether oxygens (including phenoxy) is 1. The van der Waals surface area contributed by atoms with Crippen LogP contribution in [0.15, 0.2) is 45.3 Å². The maximum atomic E-state index is 12.3. The Morgan fingerprint density at radius 1 is 1.15 bits per heavy atom. The minimum atomic E-state index is 0.0106. The van der Waals surface area contributed by atoms with Gasteiger partial charge in [-0.25, -0.2) is 0 Å². The van der Waals surface area contributed by atoms with E-state index < -0.39 is 0 Å². The predicted molar refractivity (Wildman–Crippen MR) is 87.9 cm³/mol. The van der Waals surface area contributed by atoms with Gasteiger partial charge in [0.15, 0.2) is 5.78 Å². The van der Waals surface area contributed by atoms with Gasteiger partial charge in [-0.15, -0.1) is 0 Å². The van der Waals surface area contributed by atoms with Gasteiger partial charge in [0.25, 0.3) is 0 Å². The van der Waals surface area contributed by atoms with Crippen LogP contribution in [0.1, 0.15) is 15.9 Å². The summed E-state index contributed by atoms with van der Waals surface area (Å²) in [5, 5.41) is 0.549. The quantitative estimate of drug-likeness (QED) is 0.630. The van der Waals surface area contributed by atoms with Crippen LogP contribution in [0.4, 0.5) is 0 Å². The zero-order chi connectivity index (χ0) is 14.7. The van der Waals surface area contributed by atoms with Gasteiger partial charge >= 0.3 is 0 Å². The lowest BCUT2D eigenvalue weighted by molar-refractivity contribution is 0.0992. The minimum Gasteiger partial charge on any atom is -0.496 e. The Labute approximate surface area is 139 Å². The standard InChI is InChI=1S/C15H11Br2ClO2/c1-20-15-5-2-9(6-13(15)17)7-14(19)11-8-10(18)3-4-12(11)16/h2-6,8H,7H2,1H3. The molecular weight excluding hydrogens is 407 g/mol. The molecule has 0 spiro atoms. The molecule has 0 fully saturated rings. The second-order valence-corrected chi connectivity index (χ2v) is 6.34. The van der Waals surface area contributed by atoms with Crippen molar-refractivity contribution in [1.29, 1.82) is 0 Å². The van der Waals surface area contributed by atoms with Crippen molar-refractivity contribution < 1.29 is 9.53 Å². The van der Waals surface area contributed by atoms with Gasteiger partial charge in [0.2, 0.25) is 0 Å². The zero-order valence-corrected chi connectivity index (χ0v) is 14.5. The van der Waals surface area contributed by atoms with Crippen molar-refractivity contribution >= 4 is 49.2 Å². The van der Waals surface area contributed by atoms with Crippen LogP contribution in [0, 0.1) is 0 Å². The van der Waals surface area contributed by atoms with Crippen LogP contribution in [0.25, 0.3) is 0 Å². The highest BCUT2D eigenvalue weighted by atomic mass is 79.9. The molecular formula is C15H11Br2ClO2. The van der Waals surface area contributed by atoms with Gasteiger partial charge in [-0.3, -0.25) is 4.79 Å². The van der Waals surface area contributed by atoms with E-state index in [0.717, 1.165) is 20.3 Å². The number of rotatable bonds is 4. The second-order valence-electron chi connectivity index (χ2n) is 4.19. The number of Topliss-reactive ketones (excluding diaryl/α,β-unsaturated/α-hetero) is 1. The number of benzene rings is 2. The van der Waals surface area contributed by atoms with Crippen LogP contribution < -0.4 is 4.74 Å². The topological polar surface area (TPSA) is 26.3 Å². The van der Waals surface area contributed by atoms with Gasteiger partial charge in [-0.2, -0.15) is 0 Å². The zero-order valence-electron chi connectivity index (χ0n) is 10.6. The smallest absolute Gasteiger partial charge is 0.168 e. The third-order valence-electron chi connectivity index (χ3n) is 2.81. The van der Waals surface area contributed by atoms with Crippen molar-refractivity contribution in [2.24, 2.45) is 0 Å². The Bertz CT molecular complexity index is 656. The van der Waals surface area contributed by atoms with Crippen LogP contribution in [0.2, 0.25) is 5.02 Å². The highest BCUT2D eigenvalue weighted by Crippen LogP contribution is 2.27. The summed E-state index contributed by atoms with van der Waals surface area (Å²) in [6, 6.07) is 10.8. The number of hydrogen-bond donors (Lipinski definition) is 0. The van der Waals surface area contributed by atoms with Crippen molar-refractivity contribution in [2.45, 2.75) is 6.42 Å². The number of carbonyl (C=O) groups is 1. The van der Waals surface area contributed by atoms with Gasteiger partial charge in [0.05, 0.1) is 11.6 Å². The Hall–Kier alpha value is -0.840. The van der Waals surface area contributed by atoms with E-state index in [4.69, 9.17) is 16.3 Å². The monoisotopic (exact) mass is 416 g/mol. The van der Waals surface area contributed by atoms with E-state index in [-0.39, 0.29) is 5.78 Å². The average molecular weight is 419 g/mol. The first kappa shape index (κ1) is 15.5. The SMILES string of the molecule is COc1ccc(CC(=O)c2cc(Cl)ccc2Br)cc1Br. The van der Waals surface area contributed by atoms with Crippen LogP contribution in [-0.4, -0.2) is 12.9 Å². The van der Waals surface area contributed by atoms with Crippen molar-refractivity contribution in [3.05, 3.63) is 61.5 Å². The highest BCUT2D eigenvalue weighted by Gasteiger charge is 2.12. The molecule has 5 heteroatoms. The van der Waals surface area contributed by atoms with Crippen LogP contribution in [0.3, 0.4) is 0 Å². The molecule has 0 bridgehead atoms. The van der Waals surface area contributed by atoms with Gasteiger partial charge < -0.3 is 4.74 Å². The van der Waals surface area contributed by atoms with Gasteiger partial charge in [0.1, 0.15) is 5.75 Å². The summed E-state index contributed by atoms with van der Waals surface area (Å²) < 4.78 is 6.75. The first-order chi connectivity index (χ1) is 9.51. The fourth-order valence-electron chi connectivity index (χ4n) is 1.81. The first-order valence-electron chi connectivity index (χ1n) is 5.82. The van der Waals surface area contributed by atoms with Crippen LogP contribution in [0.5, 0.6) is 5.75 Å². The van der Waals surface area contributed by atoms with Gasteiger partial charge in [-0.1, -0.05) is 33.6 Å². The predicted octanol–water partition coefficient (Wildman–Crippen LogP) is 5.30. The maximum absolute atomic E-state index is 12.3. The fraction of sp³-hybridized carbons (Fsp3) is 0.133. The van der Waals surface area contributed by atoms with Crippen molar-refractivity contribution in [1.82, 2.24) is 0 Å².